The molecule has 0 amide bonds. The first-order valence-corrected chi connectivity index (χ1v) is 5.79. The van der Waals surface area contributed by atoms with Crippen LogP contribution in [0.4, 0.5) is 0 Å². The predicted octanol–water partition coefficient (Wildman–Crippen LogP) is 1.76. The van der Waals surface area contributed by atoms with Gasteiger partial charge in [0.15, 0.2) is 0 Å². The molecule has 5 heteroatoms. The van der Waals surface area contributed by atoms with Crippen molar-refractivity contribution < 1.29 is 9.90 Å². The lowest BCUT2D eigenvalue weighted by Gasteiger charge is -2.18. The maximum Gasteiger partial charge on any atom is 0.329 e. The summed E-state index contributed by atoms with van der Waals surface area (Å²) in [6.07, 6.45) is 4.87. The van der Waals surface area contributed by atoms with Gasteiger partial charge in [-0.1, -0.05) is 13.8 Å². The van der Waals surface area contributed by atoms with E-state index in [0.29, 0.717) is 18.8 Å². The van der Waals surface area contributed by atoms with Crippen molar-refractivity contribution in [1.82, 2.24) is 14.8 Å². The number of rotatable bonds is 5. The fraction of sp³-hybridized carbons (Fsp3) is 0.727. The molecule has 1 aliphatic rings. The Labute approximate surface area is 94.5 Å². The number of carboxylic acids is 1. The fourth-order valence-corrected chi connectivity index (χ4v) is 2.18. The van der Waals surface area contributed by atoms with E-state index in [1.165, 1.54) is 0 Å². The highest BCUT2D eigenvalue weighted by Crippen LogP contribution is 2.45. The summed E-state index contributed by atoms with van der Waals surface area (Å²) < 4.78 is 1.77. The standard InChI is InChI=1S/C11H17N3O2/c1-3-8(4-2)9-13-12-7-14(9)11(5-6-11)10(15)16/h7-8H,3-6H2,1-2H3,(H,15,16). The maximum absolute atomic E-state index is 11.3. The summed E-state index contributed by atoms with van der Waals surface area (Å²) in [6, 6.07) is 0. The third kappa shape index (κ3) is 1.50. The number of aliphatic carboxylic acids is 1. The van der Waals surface area contributed by atoms with E-state index in [0.717, 1.165) is 18.7 Å². The average molecular weight is 223 g/mol. The Morgan fingerprint density at radius 2 is 2.19 bits per heavy atom. The smallest absolute Gasteiger partial charge is 0.329 e. The van der Waals surface area contributed by atoms with Gasteiger partial charge in [0.25, 0.3) is 0 Å². The second kappa shape index (κ2) is 3.88. The van der Waals surface area contributed by atoms with Crippen molar-refractivity contribution in [3.8, 4) is 0 Å². The molecule has 1 aliphatic carbocycles. The van der Waals surface area contributed by atoms with Gasteiger partial charge >= 0.3 is 5.97 Å². The zero-order chi connectivity index (χ0) is 11.8. The molecule has 1 aromatic heterocycles. The summed E-state index contributed by atoms with van der Waals surface area (Å²) in [5.74, 6) is 0.365. The molecule has 0 atom stereocenters. The third-order valence-corrected chi connectivity index (χ3v) is 3.51. The Balaban J connectivity index is 2.36. The second-order valence-electron chi connectivity index (χ2n) is 4.41. The summed E-state index contributed by atoms with van der Waals surface area (Å²) in [4.78, 5) is 11.3. The third-order valence-electron chi connectivity index (χ3n) is 3.51. The number of carbonyl (C=O) groups is 1. The lowest BCUT2D eigenvalue weighted by atomic mass is 10.0. The van der Waals surface area contributed by atoms with Crippen molar-refractivity contribution in [2.75, 3.05) is 0 Å². The summed E-state index contributed by atoms with van der Waals surface area (Å²) in [5.41, 5.74) is -0.749. The van der Waals surface area contributed by atoms with Crippen LogP contribution in [0, 0.1) is 0 Å². The molecule has 88 valence electrons. The van der Waals surface area contributed by atoms with E-state index in [2.05, 4.69) is 24.0 Å². The number of nitrogens with zero attached hydrogens (tertiary/aromatic N) is 3. The van der Waals surface area contributed by atoms with Crippen molar-refractivity contribution in [2.45, 2.75) is 51.0 Å². The first-order valence-electron chi connectivity index (χ1n) is 5.79. The highest BCUT2D eigenvalue weighted by atomic mass is 16.4. The maximum atomic E-state index is 11.3. The lowest BCUT2D eigenvalue weighted by Crippen LogP contribution is -2.29. The van der Waals surface area contributed by atoms with Crippen molar-refractivity contribution >= 4 is 5.97 Å². The molecular weight excluding hydrogens is 206 g/mol. The van der Waals surface area contributed by atoms with Crippen LogP contribution in [0.2, 0.25) is 0 Å². The summed E-state index contributed by atoms with van der Waals surface area (Å²) in [7, 11) is 0. The first-order chi connectivity index (χ1) is 7.65. The van der Waals surface area contributed by atoms with E-state index >= 15 is 0 Å². The number of hydrogen-bond acceptors (Lipinski definition) is 3. The fourth-order valence-electron chi connectivity index (χ4n) is 2.18. The molecular formula is C11H17N3O2. The molecule has 0 aromatic carbocycles. The molecule has 2 rings (SSSR count). The van der Waals surface area contributed by atoms with E-state index in [-0.39, 0.29) is 0 Å². The van der Waals surface area contributed by atoms with Gasteiger partial charge in [0.1, 0.15) is 17.7 Å². The summed E-state index contributed by atoms with van der Waals surface area (Å²) >= 11 is 0. The number of hydrogen-bond donors (Lipinski definition) is 1. The van der Waals surface area contributed by atoms with E-state index in [9.17, 15) is 9.90 Å². The first kappa shape index (κ1) is 11.1. The predicted molar refractivity (Wildman–Crippen MR) is 58.2 cm³/mol. The second-order valence-corrected chi connectivity index (χ2v) is 4.41. The molecule has 0 spiro atoms. The summed E-state index contributed by atoms with van der Waals surface area (Å²) in [5, 5.41) is 17.2. The van der Waals surface area contributed by atoms with Gasteiger partial charge in [0.2, 0.25) is 0 Å². The molecule has 1 fully saturated rings. The van der Waals surface area contributed by atoms with E-state index in [1.807, 2.05) is 0 Å². The zero-order valence-corrected chi connectivity index (χ0v) is 9.68. The van der Waals surface area contributed by atoms with Crippen molar-refractivity contribution in [2.24, 2.45) is 0 Å². The van der Waals surface area contributed by atoms with Crippen molar-refractivity contribution in [3.05, 3.63) is 12.2 Å². The minimum absolute atomic E-state index is 0.305. The quantitative estimate of drug-likeness (QED) is 0.825. The molecule has 1 heterocycles. The van der Waals surface area contributed by atoms with Crippen LogP contribution in [0.5, 0.6) is 0 Å². The highest BCUT2D eigenvalue weighted by Gasteiger charge is 2.53. The van der Waals surface area contributed by atoms with Gasteiger partial charge < -0.3 is 9.67 Å². The van der Waals surface area contributed by atoms with Crippen LogP contribution >= 0.6 is 0 Å². The van der Waals surface area contributed by atoms with Crippen LogP contribution in [0.25, 0.3) is 0 Å². The average Bonchev–Trinajstić information content (AvgIpc) is 2.95. The van der Waals surface area contributed by atoms with Crippen LogP contribution in [0.3, 0.4) is 0 Å². The van der Waals surface area contributed by atoms with Crippen molar-refractivity contribution in [1.29, 1.82) is 0 Å². The van der Waals surface area contributed by atoms with Gasteiger partial charge in [0, 0.05) is 5.92 Å². The number of aromatic nitrogens is 3. The Morgan fingerprint density at radius 1 is 1.56 bits per heavy atom. The Bertz CT molecular complexity index is 392. The van der Waals surface area contributed by atoms with Crippen LogP contribution < -0.4 is 0 Å². The van der Waals surface area contributed by atoms with Gasteiger partial charge in [-0.3, -0.25) is 0 Å². The van der Waals surface area contributed by atoms with E-state index in [4.69, 9.17) is 0 Å². The normalized spacial score (nSPS) is 17.7. The monoisotopic (exact) mass is 223 g/mol. The molecule has 16 heavy (non-hydrogen) atoms. The van der Waals surface area contributed by atoms with Gasteiger partial charge in [-0.15, -0.1) is 10.2 Å². The zero-order valence-electron chi connectivity index (χ0n) is 9.68. The van der Waals surface area contributed by atoms with Gasteiger partial charge in [-0.05, 0) is 25.7 Å². The Hall–Kier alpha value is -1.39. The van der Waals surface area contributed by atoms with Crippen LogP contribution in [-0.4, -0.2) is 25.8 Å². The van der Waals surface area contributed by atoms with Crippen LogP contribution in [-0.2, 0) is 10.3 Å². The molecule has 0 radical (unpaired) electrons. The minimum Gasteiger partial charge on any atom is -0.479 e. The molecule has 0 aliphatic heterocycles. The molecule has 1 N–H and O–H groups in total. The van der Waals surface area contributed by atoms with Crippen LogP contribution in [0.15, 0.2) is 6.33 Å². The van der Waals surface area contributed by atoms with Gasteiger partial charge in [0.05, 0.1) is 0 Å². The SMILES string of the molecule is CCC(CC)c1nncn1C1(C(=O)O)CC1. The van der Waals surface area contributed by atoms with Gasteiger partial charge in [-0.25, -0.2) is 4.79 Å². The molecule has 5 nitrogen and oxygen atoms in total. The van der Waals surface area contributed by atoms with Gasteiger partial charge in [-0.2, -0.15) is 0 Å². The Kier molecular flexibility index (Phi) is 2.69. The molecule has 1 aromatic rings. The molecule has 0 bridgehead atoms. The topological polar surface area (TPSA) is 68.0 Å². The Morgan fingerprint density at radius 3 is 2.62 bits per heavy atom. The lowest BCUT2D eigenvalue weighted by molar-refractivity contribution is -0.142. The molecule has 1 saturated carbocycles. The highest BCUT2D eigenvalue weighted by molar-refractivity contribution is 5.80. The molecule has 0 saturated heterocycles. The van der Waals surface area contributed by atoms with E-state index in [1.54, 1.807) is 10.9 Å². The van der Waals surface area contributed by atoms with E-state index < -0.39 is 11.5 Å². The minimum atomic E-state index is -0.764. The molecule has 0 unspecified atom stereocenters. The largest absolute Gasteiger partial charge is 0.479 e. The summed E-state index contributed by atoms with van der Waals surface area (Å²) in [6.45, 7) is 4.18. The van der Waals surface area contributed by atoms with Crippen LogP contribution in [0.1, 0.15) is 51.3 Å². The van der Waals surface area contributed by atoms with Crippen molar-refractivity contribution in [3.63, 3.8) is 0 Å². The number of carboxylic acid groups (broad SMARTS) is 1.